The molecule has 1 atom stereocenters. The SMILES string of the molecule is CC(C)CCC(=O)c1cc2cc3c(cc2oc1=O)N(C)C(C)(C)C[C@@H]3C. The molecule has 0 saturated heterocycles. The van der Waals surface area contributed by atoms with Gasteiger partial charge in [0.2, 0.25) is 0 Å². The van der Waals surface area contributed by atoms with Crippen LogP contribution in [0.15, 0.2) is 27.4 Å². The molecule has 3 rings (SSSR count). The lowest BCUT2D eigenvalue weighted by atomic mass is 9.80. The van der Waals surface area contributed by atoms with Gasteiger partial charge >= 0.3 is 5.63 Å². The van der Waals surface area contributed by atoms with Gasteiger partial charge in [0.25, 0.3) is 0 Å². The summed E-state index contributed by atoms with van der Waals surface area (Å²) < 4.78 is 5.54. The van der Waals surface area contributed by atoms with E-state index in [1.54, 1.807) is 6.07 Å². The second-order valence-corrected chi connectivity index (χ2v) is 8.73. The maximum absolute atomic E-state index is 12.4. The smallest absolute Gasteiger partial charge is 0.347 e. The number of nitrogens with zero attached hydrogens (tertiary/aromatic N) is 1. The fraction of sp³-hybridized carbons (Fsp3) is 0.545. The van der Waals surface area contributed by atoms with Crippen LogP contribution < -0.4 is 10.5 Å². The van der Waals surface area contributed by atoms with Gasteiger partial charge in [-0.25, -0.2) is 4.79 Å². The molecular weight excluding hydrogens is 326 g/mol. The average molecular weight is 355 g/mol. The predicted molar refractivity (Wildman–Crippen MR) is 106 cm³/mol. The molecule has 140 valence electrons. The van der Waals surface area contributed by atoms with Crippen LogP contribution in [-0.2, 0) is 0 Å². The van der Waals surface area contributed by atoms with Gasteiger partial charge in [0, 0.05) is 36.1 Å². The van der Waals surface area contributed by atoms with Gasteiger partial charge in [-0.1, -0.05) is 20.8 Å². The zero-order valence-electron chi connectivity index (χ0n) is 16.7. The molecule has 0 N–H and O–H groups in total. The van der Waals surface area contributed by atoms with Crippen molar-refractivity contribution in [1.29, 1.82) is 0 Å². The molecular formula is C22H29NO3. The summed E-state index contributed by atoms with van der Waals surface area (Å²) in [5.41, 5.74) is 2.59. The number of Topliss-reactive ketones (excluding diaryl/α,β-unsaturated/α-hetero) is 1. The van der Waals surface area contributed by atoms with Crippen molar-refractivity contribution < 1.29 is 9.21 Å². The molecule has 26 heavy (non-hydrogen) atoms. The van der Waals surface area contributed by atoms with E-state index in [-0.39, 0.29) is 16.9 Å². The maximum atomic E-state index is 12.4. The molecule has 0 bridgehead atoms. The predicted octanol–water partition coefficient (Wildman–Crippen LogP) is 5.13. The number of ketones is 1. The summed E-state index contributed by atoms with van der Waals surface area (Å²) in [4.78, 5) is 27.0. The van der Waals surface area contributed by atoms with Crippen LogP contribution in [-0.4, -0.2) is 18.4 Å². The van der Waals surface area contributed by atoms with E-state index in [0.29, 0.717) is 23.8 Å². The standard InChI is InChI=1S/C22H29NO3/c1-13(2)7-8-19(24)17-10-15-9-16-14(3)12-22(4,5)23(6)18(16)11-20(15)26-21(17)25/h9-11,13-14H,7-8,12H2,1-6H3/t14-/m0/s1. The molecule has 4 nitrogen and oxygen atoms in total. The van der Waals surface area contributed by atoms with E-state index in [9.17, 15) is 9.59 Å². The third-order valence-corrected chi connectivity index (χ3v) is 5.74. The monoisotopic (exact) mass is 355 g/mol. The lowest BCUT2D eigenvalue weighted by Crippen LogP contribution is -2.45. The van der Waals surface area contributed by atoms with Crippen LogP contribution >= 0.6 is 0 Å². The van der Waals surface area contributed by atoms with Gasteiger partial charge in [0.05, 0.1) is 0 Å². The Hall–Kier alpha value is -2.10. The number of carbonyl (C=O) groups is 1. The number of hydrogen-bond donors (Lipinski definition) is 0. The third-order valence-electron chi connectivity index (χ3n) is 5.74. The molecule has 1 aliphatic heterocycles. The van der Waals surface area contributed by atoms with Crippen LogP contribution in [0.5, 0.6) is 0 Å². The number of anilines is 1. The van der Waals surface area contributed by atoms with Crippen molar-refractivity contribution in [3.63, 3.8) is 0 Å². The van der Waals surface area contributed by atoms with Crippen LogP contribution in [0.4, 0.5) is 5.69 Å². The molecule has 0 spiro atoms. The average Bonchev–Trinajstić information content (AvgIpc) is 2.55. The Balaban J connectivity index is 2.08. The van der Waals surface area contributed by atoms with E-state index in [4.69, 9.17) is 4.42 Å². The molecule has 2 aromatic rings. The van der Waals surface area contributed by atoms with E-state index in [1.807, 2.05) is 6.07 Å². The number of carbonyl (C=O) groups excluding carboxylic acids is 1. The summed E-state index contributed by atoms with van der Waals surface area (Å²) in [6, 6.07) is 5.76. The van der Waals surface area contributed by atoms with Crippen LogP contribution in [0.2, 0.25) is 0 Å². The van der Waals surface area contributed by atoms with Crippen molar-refractivity contribution in [2.45, 2.75) is 65.3 Å². The molecule has 0 radical (unpaired) electrons. The Labute approximate surface area is 155 Å². The molecule has 0 fully saturated rings. The number of rotatable bonds is 4. The quantitative estimate of drug-likeness (QED) is 0.563. The second kappa shape index (κ2) is 6.57. The van der Waals surface area contributed by atoms with Gasteiger partial charge in [0.15, 0.2) is 5.78 Å². The van der Waals surface area contributed by atoms with Crippen molar-refractivity contribution >= 4 is 22.4 Å². The largest absolute Gasteiger partial charge is 0.422 e. The molecule has 4 heteroatoms. The van der Waals surface area contributed by atoms with Crippen molar-refractivity contribution in [3.8, 4) is 0 Å². The molecule has 1 aliphatic rings. The van der Waals surface area contributed by atoms with Gasteiger partial charge < -0.3 is 9.32 Å². The Morgan fingerprint density at radius 2 is 2.00 bits per heavy atom. The van der Waals surface area contributed by atoms with E-state index in [2.05, 4.69) is 52.6 Å². The van der Waals surface area contributed by atoms with Crippen molar-refractivity contribution in [1.82, 2.24) is 0 Å². The summed E-state index contributed by atoms with van der Waals surface area (Å²) in [6.45, 7) is 10.8. The Kier molecular flexibility index (Phi) is 4.72. The minimum atomic E-state index is -0.531. The first-order chi connectivity index (χ1) is 12.1. The molecule has 1 aromatic carbocycles. The highest BCUT2D eigenvalue weighted by Gasteiger charge is 2.34. The Bertz CT molecular complexity index is 907. The van der Waals surface area contributed by atoms with Gasteiger partial charge in [-0.2, -0.15) is 0 Å². The molecule has 2 heterocycles. The first-order valence-corrected chi connectivity index (χ1v) is 9.49. The summed E-state index contributed by atoms with van der Waals surface area (Å²) in [7, 11) is 2.08. The number of fused-ring (bicyclic) bond motifs is 2. The van der Waals surface area contributed by atoms with E-state index >= 15 is 0 Å². The highest BCUT2D eigenvalue weighted by molar-refractivity contribution is 5.98. The molecule has 0 unspecified atom stereocenters. The minimum absolute atomic E-state index is 0.0488. The zero-order chi connectivity index (χ0) is 19.2. The minimum Gasteiger partial charge on any atom is -0.422 e. The fourth-order valence-electron chi connectivity index (χ4n) is 3.93. The molecule has 0 amide bonds. The summed E-state index contributed by atoms with van der Waals surface area (Å²) >= 11 is 0. The van der Waals surface area contributed by atoms with Crippen LogP contribution in [0.25, 0.3) is 11.0 Å². The van der Waals surface area contributed by atoms with Gasteiger partial charge in [-0.3, -0.25) is 4.79 Å². The number of hydrogen-bond acceptors (Lipinski definition) is 4. The number of benzene rings is 1. The van der Waals surface area contributed by atoms with E-state index < -0.39 is 5.63 Å². The highest BCUT2D eigenvalue weighted by atomic mass is 16.4. The van der Waals surface area contributed by atoms with Crippen LogP contribution in [0.1, 0.15) is 75.7 Å². The van der Waals surface area contributed by atoms with E-state index in [1.165, 1.54) is 5.56 Å². The fourth-order valence-corrected chi connectivity index (χ4v) is 3.93. The lowest BCUT2D eigenvalue weighted by Gasteiger charge is -2.45. The van der Waals surface area contributed by atoms with Crippen LogP contribution in [0, 0.1) is 5.92 Å². The Morgan fingerprint density at radius 1 is 1.31 bits per heavy atom. The van der Waals surface area contributed by atoms with Gasteiger partial charge in [-0.15, -0.1) is 0 Å². The molecule has 0 saturated carbocycles. The maximum Gasteiger partial charge on any atom is 0.347 e. The highest BCUT2D eigenvalue weighted by Crippen LogP contribution is 2.43. The topological polar surface area (TPSA) is 50.5 Å². The van der Waals surface area contributed by atoms with Gasteiger partial charge in [0.1, 0.15) is 11.1 Å². The summed E-state index contributed by atoms with van der Waals surface area (Å²) in [5.74, 6) is 0.712. The molecule has 1 aromatic heterocycles. The normalized spacial score (nSPS) is 19.0. The third kappa shape index (κ3) is 3.29. The van der Waals surface area contributed by atoms with Crippen LogP contribution in [0.3, 0.4) is 0 Å². The molecule has 0 aliphatic carbocycles. The Morgan fingerprint density at radius 3 is 2.65 bits per heavy atom. The lowest BCUT2D eigenvalue weighted by molar-refractivity contribution is 0.0972. The second-order valence-electron chi connectivity index (χ2n) is 8.73. The first kappa shape index (κ1) is 18.7. The van der Waals surface area contributed by atoms with Crippen molar-refractivity contribution in [3.05, 3.63) is 39.7 Å². The van der Waals surface area contributed by atoms with Gasteiger partial charge in [-0.05, 0) is 56.2 Å². The summed E-state index contributed by atoms with van der Waals surface area (Å²) in [5, 5.41) is 0.830. The zero-order valence-corrected chi connectivity index (χ0v) is 16.7. The first-order valence-electron chi connectivity index (χ1n) is 9.49. The van der Waals surface area contributed by atoms with Crippen molar-refractivity contribution in [2.24, 2.45) is 5.92 Å². The van der Waals surface area contributed by atoms with E-state index in [0.717, 1.165) is 23.9 Å². The summed E-state index contributed by atoms with van der Waals surface area (Å²) in [6.07, 6.45) is 2.21. The van der Waals surface area contributed by atoms with Crippen molar-refractivity contribution in [2.75, 3.05) is 11.9 Å².